The van der Waals surface area contributed by atoms with Gasteiger partial charge in [0.2, 0.25) is 0 Å². The average Bonchev–Trinajstić information content (AvgIpc) is 2.65. The van der Waals surface area contributed by atoms with E-state index in [-0.39, 0.29) is 0 Å². The Morgan fingerprint density at radius 3 is 2.43 bits per heavy atom. The fraction of sp³-hybridized carbons (Fsp3) is 0.111. The first-order valence-corrected chi connectivity index (χ1v) is 5.46. The SMILES string of the molecule is COc1ccc(-c2nsnc2Br)cc1. The van der Waals surface area contributed by atoms with E-state index in [9.17, 15) is 0 Å². The van der Waals surface area contributed by atoms with Crippen LogP contribution in [0.15, 0.2) is 28.9 Å². The van der Waals surface area contributed by atoms with Gasteiger partial charge >= 0.3 is 0 Å². The lowest BCUT2D eigenvalue weighted by Gasteiger charge is -2.00. The summed E-state index contributed by atoms with van der Waals surface area (Å²) in [5, 5.41) is 0. The molecule has 72 valence electrons. The molecule has 2 rings (SSSR count). The second-order valence-corrected chi connectivity index (χ2v) is 3.91. The van der Waals surface area contributed by atoms with Gasteiger partial charge in [0.15, 0.2) is 0 Å². The summed E-state index contributed by atoms with van der Waals surface area (Å²) in [6, 6.07) is 7.73. The lowest BCUT2D eigenvalue weighted by Crippen LogP contribution is -1.83. The zero-order valence-corrected chi connectivity index (χ0v) is 9.80. The van der Waals surface area contributed by atoms with Crippen LogP contribution in [0.25, 0.3) is 11.3 Å². The fourth-order valence-corrected chi connectivity index (χ4v) is 2.20. The Balaban J connectivity index is 2.39. The molecule has 0 atom stereocenters. The molecule has 1 aromatic carbocycles. The predicted octanol–water partition coefficient (Wildman–Crippen LogP) is 2.98. The number of nitrogens with zero attached hydrogens (tertiary/aromatic N) is 2. The van der Waals surface area contributed by atoms with Crippen molar-refractivity contribution in [2.75, 3.05) is 7.11 Å². The van der Waals surface area contributed by atoms with Gasteiger partial charge in [0.1, 0.15) is 16.0 Å². The second-order valence-electron chi connectivity index (χ2n) is 2.63. The number of hydrogen-bond donors (Lipinski definition) is 0. The summed E-state index contributed by atoms with van der Waals surface area (Å²) in [7, 11) is 1.65. The van der Waals surface area contributed by atoms with E-state index in [1.807, 2.05) is 24.3 Å². The molecule has 0 aliphatic heterocycles. The molecule has 0 aliphatic rings. The van der Waals surface area contributed by atoms with Gasteiger partial charge in [0, 0.05) is 5.56 Å². The van der Waals surface area contributed by atoms with Crippen LogP contribution in [0.1, 0.15) is 0 Å². The molecule has 14 heavy (non-hydrogen) atoms. The van der Waals surface area contributed by atoms with Crippen molar-refractivity contribution in [3.8, 4) is 17.0 Å². The Hall–Kier alpha value is -0.940. The Kier molecular flexibility index (Phi) is 2.79. The number of benzene rings is 1. The van der Waals surface area contributed by atoms with Gasteiger partial charge in [-0.05, 0) is 40.2 Å². The van der Waals surface area contributed by atoms with E-state index in [1.54, 1.807) is 7.11 Å². The molecule has 5 heteroatoms. The number of ether oxygens (including phenoxy) is 1. The maximum Gasteiger partial charge on any atom is 0.147 e. The molecule has 0 radical (unpaired) electrons. The lowest BCUT2D eigenvalue weighted by atomic mass is 10.2. The van der Waals surface area contributed by atoms with Crippen LogP contribution in [0.5, 0.6) is 5.75 Å². The zero-order valence-electron chi connectivity index (χ0n) is 7.40. The van der Waals surface area contributed by atoms with Crippen molar-refractivity contribution in [1.29, 1.82) is 0 Å². The number of methoxy groups -OCH3 is 1. The molecule has 0 bridgehead atoms. The van der Waals surface area contributed by atoms with Crippen molar-refractivity contribution in [3.63, 3.8) is 0 Å². The molecular weight excluding hydrogens is 264 g/mol. The number of aromatic nitrogens is 2. The van der Waals surface area contributed by atoms with Crippen LogP contribution in [0.2, 0.25) is 0 Å². The van der Waals surface area contributed by atoms with Crippen LogP contribution in [0.3, 0.4) is 0 Å². The minimum Gasteiger partial charge on any atom is -0.497 e. The van der Waals surface area contributed by atoms with Crippen molar-refractivity contribution < 1.29 is 4.74 Å². The molecule has 3 nitrogen and oxygen atoms in total. The number of hydrogen-bond acceptors (Lipinski definition) is 4. The second kappa shape index (κ2) is 4.06. The normalized spacial score (nSPS) is 10.1. The van der Waals surface area contributed by atoms with Gasteiger partial charge in [-0.2, -0.15) is 8.75 Å². The highest BCUT2D eigenvalue weighted by Gasteiger charge is 2.07. The summed E-state index contributed by atoms with van der Waals surface area (Å²) >= 11 is 4.54. The molecule has 0 amide bonds. The molecule has 0 N–H and O–H groups in total. The summed E-state index contributed by atoms with van der Waals surface area (Å²) in [5.41, 5.74) is 1.91. The van der Waals surface area contributed by atoms with E-state index in [2.05, 4.69) is 24.7 Å². The first-order valence-electron chi connectivity index (χ1n) is 3.94. The molecule has 2 aromatic rings. The summed E-state index contributed by atoms with van der Waals surface area (Å²) in [6.07, 6.45) is 0. The van der Waals surface area contributed by atoms with Gasteiger partial charge in [-0.25, -0.2) is 0 Å². The molecule has 0 spiro atoms. The van der Waals surface area contributed by atoms with Crippen LogP contribution in [0.4, 0.5) is 0 Å². The molecule has 0 saturated heterocycles. The van der Waals surface area contributed by atoms with Gasteiger partial charge in [-0.3, -0.25) is 0 Å². The highest BCUT2D eigenvalue weighted by molar-refractivity contribution is 9.10. The van der Waals surface area contributed by atoms with E-state index >= 15 is 0 Å². The monoisotopic (exact) mass is 270 g/mol. The van der Waals surface area contributed by atoms with Crippen LogP contribution >= 0.6 is 27.7 Å². The summed E-state index contributed by atoms with van der Waals surface area (Å²) in [4.78, 5) is 0. The van der Waals surface area contributed by atoms with E-state index in [0.29, 0.717) is 0 Å². The van der Waals surface area contributed by atoms with E-state index in [1.165, 1.54) is 11.7 Å². The largest absolute Gasteiger partial charge is 0.497 e. The minimum atomic E-state index is 0.785. The quantitative estimate of drug-likeness (QED) is 0.842. The lowest BCUT2D eigenvalue weighted by molar-refractivity contribution is 0.415. The Morgan fingerprint density at radius 1 is 1.21 bits per heavy atom. The highest BCUT2D eigenvalue weighted by atomic mass is 79.9. The van der Waals surface area contributed by atoms with Crippen LogP contribution < -0.4 is 4.74 Å². The van der Waals surface area contributed by atoms with Crippen LogP contribution in [-0.2, 0) is 0 Å². The molecule has 0 saturated carbocycles. The fourth-order valence-electron chi connectivity index (χ4n) is 1.10. The third-order valence-electron chi connectivity index (χ3n) is 1.81. The number of rotatable bonds is 2. The first kappa shape index (κ1) is 9.61. The summed E-state index contributed by atoms with van der Waals surface area (Å²) in [6.45, 7) is 0. The van der Waals surface area contributed by atoms with E-state index in [0.717, 1.165) is 21.6 Å². The molecule has 0 unspecified atom stereocenters. The topological polar surface area (TPSA) is 35.0 Å². The van der Waals surface area contributed by atoms with Crippen LogP contribution in [-0.4, -0.2) is 15.9 Å². The molecule has 0 fully saturated rings. The van der Waals surface area contributed by atoms with E-state index < -0.39 is 0 Å². The average molecular weight is 271 g/mol. The van der Waals surface area contributed by atoms with Gasteiger partial charge < -0.3 is 4.74 Å². The summed E-state index contributed by atoms with van der Waals surface area (Å²) < 4.78 is 14.1. The van der Waals surface area contributed by atoms with Crippen molar-refractivity contribution in [2.24, 2.45) is 0 Å². The maximum atomic E-state index is 5.07. The van der Waals surface area contributed by atoms with Gasteiger partial charge in [0.05, 0.1) is 18.8 Å². The summed E-state index contributed by atoms with van der Waals surface area (Å²) in [5.74, 6) is 0.841. The van der Waals surface area contributed by atoms with Crippen LogP contribution in [0, 0.1) is 0 Å². The van der Waals surface area contributed by atoms with Crippen molar-refractivity contribution in [3.05, 3.63) is 28.9 Å². The van der Waals surface area contributed by atoms with E-state index in [4.69, 9.17) is 4.74 Å². The smallest absolute Gasteiger partial charge is 0.147 e. The third kappa shape index (κ3) is 1.78. The Labute approximate surface area is 94.2 Å². The van der Waals surface area contributed by atoms with Crippen molar-refractivity contribution in [1.82, 2.24) is 8.75 Å². The molecule has 1 heterocycles. The predicted molar refractivity (Wildman–Crippen MR) is 59.6 cm³/mol. The Bertz CT molecular complexity index is 427. The minimum absolute atomic E-state index is 0.785. The van der Waals surface area contributed by atoms with Gasteiger partial charge in [-0.15, -0.1) is 0 Å². The highest BCUT2D eigenvalue weighted by Crippen LogP contribution is 2.27. The standard InChI is InChI=1S/C9H7BrN2OS/c1-13-7-4-2-6(3-5-7)8-9(10)12-14-11-8/h2-5H,1H3. The zero-order chi connectivity index (χ0) is 9.97. The van der Waals surface area contributed by atoms with Gasteiger partial charge in [-0.1, -0.05) is 0 Å². The molecular formula is C9H7BrN2OS. The third-order valence-corrected chi connectivity index (χ3v) is 3.13. The molecule has 1 aromatic heterocycles. The first-order chi connectivity index (χ1) is 6.81. The van der Waals surface area contributed by atoms with Gasteiger partial charge in [0.25, 0.3) is 0 Å². The van der Waals surface area contributed by atoms with Crippen molar-refractivity contribution >= 4 is 27.7 Å². The number of halogens is 1. The van der Waals surface area contributed by atoms with Crippen molar-refractivity contribution in [2.45, 2.75) is 0 Å². The maximum absolute atomic E-state index is 5.07. The Morgan fingerprint density at radius 2 is 1.93 bits per heavy atom. The molecule has 0 aliphatic carbocycles.